The molecule has 5 heteroatoms. The van der Waals surface area contributed by atoms with Crippen molar-refractivity contribution in [2.75, 3.05) is 6.61 Å². The van der Waals surface area contributed by atoms with E-state index in [0.29, 0.717) is 12.2 Å². The second-order valence-electron chi connectivity index (χ2n) is 6.30. The van der Waals surface area contributed by atoms with Crippen LogP contribution in [0.4, 0.5) is 0 Å². The van der Waals surface area contributed by atoms with E-state index in [1.165, 1.54) is 0 Å². The molecule has 0 radical (unpaired) electrons. The quantitative estimate of drug-likeness (QED) is 0.604. The van der Waals surface area contributed by atoms with E-state index >= 15 is 0 Å². The first-order valence-electron chi connectivity index (χ1n) is 6.60. The number of carboxylic acids is 1. The summed E-state index contributed by atoms with van der Waals surface area (Å²) >= 11 is 0. The van der Waals surface area contributed by atoms with E-state index in [2.05, 4.69) is 0 Å². The number of aliphatic hydroxyl groups is 1. The Morgan fingerprint density at radius 1 is 1.35 bits per heavy atom. The van der Waals surface area contributed by atoms with Gasteiger partial charge in [-0.3, -0.25) is 4.79 Å². The van der Waals surface area contributed by atoms with Gasteiger partial charge in [-0.1, -0.05) is 13.0 Å². The van der Waals surface area contributed by atoms with Crippen molar-refractivity contribution in [3.63, 3.8) is 0 Å². The molecule has 1 unspecified atom stereocenters. The Labute approximate surface area is 117 Å². The lowest BCUT2D eigenvalue weighted by Crippen LogP contribution is -2.60. The smallest absolute Gasteiger partial charge is 0.328 e. The monoisotopic (exact) mass is 280 g/mol. The molecule has 1 heterocycles. The molecule has 0 aromatic rings. The molecule has 0 amide bonds. The van der Waals surface area contributed by atoms with Crippen molar-refractivity contribution >= 4 is 11.8 Å². The standard InChI is InChI=1S/C15H20O5/c1-10(6-12(17)18)4-5-15(19)13(2)7-11(16)8-14(15,3)20-9-13/h4-6,19H,7-9H2,1-3H3,(H,17,18)/b5-4+,10-6-/t13?,14-,15+/m1/s1. The number of rotatable bonds is 3. The molecular formula is C15H20O5. The maximum absolute atomic E-state index is 11.8. The van der Waals surface area contributed by atoms with Crippen LogP contribution in [-0.2, 0) is 14.3 Å². The van der Waals surface area contributed by atoms with Gasteiger partial charge in [-0.25, -0.2) is 4.79 Å². The normalized spacial score (nSPS) is 41.4. The van der Waals surface area contributed by atoms with Gasteiger partial charge in [0.1, 0.15) is 17.0 Å². The van der Waals surface area contributed by atoms with Gasteiger partial charge in [0.15, 0.2) is 0 Å². The molecule has 1 saturated heterocycles. The number of carbonyl (C=O) groups is 2. The zero-order valence-corrected chi connectivity index (χ0v) is 12.0. The summed E-state index contributed by atoms with van der Waals surface area (Å²) in [5.41, 5.74) is -2.37. The third kappa shape index (κ3) is 2.11. The minimum absolute atomic E-state index is 0.0865. The van der Waals surface area contributed by atoms with Crippen LogP contribution in [0.15, 0.2) is 23.8 Å². The Balaban J connectivity index is 2.36. The van der Waals surface area contributed by atoms with Gasteiger partial charge in [0.05, 0.1) is 6.61 Å². The van der Waals surface area contributed by atoms with Gasteiger partial charge in [0.2, 0.25) is 0 Å². The van der Waals surface area contributed by atoms with E-state index in [1.807, 2.05) is 6.92 Å². The lowest BCUT2D eigenvalue weighted by atomic mass is 9.59. The summed E-state index contributed by atoms with van der Waals surface area (Å²) in [6.45, 7) is 5.53. The summed E-state index contributed by atoms with van der Waals surface area (Å²) < 4.78 is 5.71. The minimum atomic E-state index is -1.28. The molecule has 2 fully saturated rings. The van der Waals surface area contributed by atoms with E-state index < -0.39 is 22.6 Å². The van der Waals surface area contributed by atoms with Crippen LogP contribution in [0, 0.1) is 5.41 Å². The molecule has 2 aliphatic rings. The summed E-state index contributed by atoms with van der Waals surface area (Å²) in [6.07, 6.45) is 4.67. The van der Waals surface area contributed by atoms with Crippen molar-refractivity contribution in [2.24, 2.45) is 5.41 Å². The third-order valence-corrected chi connectivity index (χ3v) is 4.50. The Hall–Kier alpha value is -1.46. The number of ether oxygens (including phenoxy) is 1. The highest BCUT2D eigenvalue weighted by molar-refractivity contribution is 5.83. The van der Waals surface area contributed by atoms with Crippen LogP contribution in [0.5, 0.6) is 0 Å². The SMILES string of the molecule is CC(=C/C(=O)O)/C=C/[C@]1(O)C2(C)CO[C@]1(C)CC(=O)C2. The maximum Gasteiger partial charge on any atom is 0.328 e. The van der Waals surface area contributed by atoms with Crippen LogP contribution in [0.3, 0.4) is 0 Å². The minimum Gasteiger partial charge on any atom is -0.478 e. The van der Waals surface area contributed by atoms with Crippen molar-refractivity contribution in [1.29, 1.82) is 0 Å². The predicted octanol–water partition coefficient (Wildman–Crippen LogP) is 1.46. The Morgan fingerprint density at radius 3 is 2.55 bits per heavy atom. The molecule has 0 aromatic heterocycles. The number of aliphatic carboxylic acids is 1. The molecule has 2 N–H and O–H groups in total. The van der Waals surface area contributed by atoms with Gasteiger partial charge < -0.3 is 14.9 Å². The number of hydrogen-bond acceptors (Lipinski definition) is 4. The molecule has 0 aromatic carbocycles. The van der Waals surface area contributed by atoms with Crippen molar-refractivity contribution in [3.05, 3.63) is 23.8 Å². The fourth-order valence-corrected chi connectivity index (χ4v) is 3.29. The first-order valence-corrected chi connectivity index (χ1v) is 6.60. The molecule has 1 saturated carbocycles. The highest BCUT2D eigenvalue weighted by Crippen LogP contribution is 2.56. The zero-order valence-electron chi connectivity index (χ0n) is 12.0. The van der Waals surface area contributed by atoms with E-state index in [4.69, 9.17) is 9.84 Å². The molecule has 1 aliphatic carbocycles. The van der Waals surface area contributed by atoms with Crippen molar-refractivity contribution in [2.45, 2.75) is 44.8 Å². The number of allylic oxidation sites excluding steroid dienone is 2. The van der Waals surface area contributed by atoms with E-state index in [1.54, 1.807) is 26.0 Å². The van der Waals surface area contributed by atoms with E-state index in [9.17, 15) is 14.7 Å². The summed E-state index contributed by atoms with van der Waals surface area (Å²) in [4.78, 5) is 22.4. The van der Waals surface area contributed by atoms with Crippen LogP contribution >= 0.6 is 0 Å². The van der Waals surface area contributed by atoms with Gasteiger partial charge >= 0.3 is 5.97 Å². The van der Waals surface area contributed by atoms with Crippen LogP contribution in [-0.4, -0.2) is 39.8 Å². The molecule has 20 heavy (non-hydrogen) atoms. The van der Waals surface area contributed by atoms with Crippen LogP contribution in [0.1, 0.15) is 33.6 Å². The lowest BCUT2D eigenvalue weighted by molar-refractivity contribution is -0.151. The Morgan fingerprint density at radius 2 is 2.00 bits per heavy atom. The number of Topliss-reactive ketones (excluding diaryl/α,β-unsaturated/α-hetero) is 1. The fourth-order valence-electron chi connectivity index (χ4n) is 3.29. The van der Waals surface area contributed by atoms with Gasteiger partial charge in [0, 0.05) is 24.3 Å². The largest absolute Gasteiger partial charge is 0.478 e. The van der Waals surface area contributed by atoms with E-state index in [-0.39, 0.29) is 18.6 Å². The number of carboxylic acid groups (broad SMARTS) is 1. The van der Waals surface area contributed by atoms with Crippen LogP contribution < -0.4 is 0 Å². The van der Waals surface area contributed by atoms with Crippen molar-refractivity contribution in [1.82, 2.24) is 0 Å². The summed E-state index contributed by atoms with van der Waals surface area (Å²) in [5, 5.41) is 19.7. The van der Waals surface area contributed by atoms with E-state index in [0.717, 1.165) is 6.08 Å². The number of hydrogen-bond donors (Lipinski definition) is 2. The predicted molar refractivity (Wildman–Crippen MR) is 72.2 cm³/mol. The number of carbonyl (C=O) groups excluding carboxylic acids is 1. The van der Waals surface area contributed by atoms with Crippen molar-refractivity contribution in [3.8, 4) is 0 Å². The van der Waals surface area contributed by atoms with Gasteiger partial charge in [-0.05, 0) is 25.5 Å². The van der Waals surface area contributed by atoms with Gasteiger partial charge in [-0.15, -0.1) is 0 Å². The Kier molecular flexibility index (Phi) is 3.38. The first kappa shape index (κ1) is 14.9. The number of fused-ring (bicyclic) bond motifs is 2. The molecule has 1 aliphatic heterocycles. The molecule has 2 bridgehead atoms. The topological polar surface area (TPSA) is 83.8 Å². The highest BCUT2D eigenvalue weighted by atomic mass is 16.5. The van der Waals surface area contributed by atoms with Crippen molar-refractivity contribution < 1.29 is 24.5 Å². The first-order chi connectivity index (χ1) is 9.12. The molecular weight excluding hydrogens is 260 g/mol. The molecule has 0 spiro atoms. The molecule has 3 atom stereocenters. The highest BCUT2D eigenvalue weighted by Gasteiger charge is 2.67. The average Bonchev–Trinajstić information content (AvgIpc) is 2.43. The molecule has 2 rings (SSSR count). The third-order valence-electron chi connectivity index (χ3n) is 4.50. The second kappa shape index (κ2) is 4.53. The van der Waals surface area contributed by atoms with Gasteiger partial charge in [-0.2, -0.15) is 0 Å². The number of ketones is 1. The summed E-state index contributed by atoms with van der Waals surface area (Å²) in [5.74, 6) is -0.946. The summed E-state index contributed by atoms with van der Waals surface area (Å²) in [6, 6.07) is 0. The summed E-state index contributed by atoms with van der Waals surface area (Å²) in [7, 11) is 0. The fraction of sp³-hybridized carbons (Fsp3) is 0.600. The zero-order chi connectivity index (χ0) is 15.2. The molecule has 110 valence electrons. The average molecular weight is 280 g/mol. The lowest BCUT2D eigenvalue weighted by Gasteiger charge is -2.47. The maximum atomic E-state index is 11.8. The Bertz CT molecular complexity index is 496. The molecule has 5 nitrogen and oxygen atoms in total. The van der Waals surface area contributed by atoms with Crippen LogP contribution in [0.2, 0.25) is 0 Å². The van der Waals surface area contributed by atoms with Gasteiger partial charge in [0.25, 0.3) is 0 Å². The van der Waals surface area contributed by atoms with Crippen LogP contribution in [0.25, 0.3) is 0 Å². The second-order valence-corrected chi connectivity index (χ2v) is 6.30.